The van der Waals surface area contributed by atoms with Crippen LogP contribution in [0.2, 0.25) is 0 Å². The van der Waals surface area contributed by atoms with Gasteiger partial charge in [-0.25, -0.2) is 10.2 Å². The Balaban J connectivity index is 1.91. The highest BCUT2D eigenvalue weighted by Crippen LogP contribution is 2.25. The topological polar surface area (TPSA) is 86.5 Å². The van der Waals surface area contributed by atoms with E-state index in [-0.39, 0.29) is 6.61 Å². The van der Waals surface area contributed by atoms with Crippen molar-refractivity contribution in [2.75, 3.05) is 11.9 Å². The molecule has 2 aromatic carbocycles. The predicted molar refractivity (Wildman–Crippen MR) is 104 cm³/mol. The second-order valence-corrected chi connectivity index (χ2v) is 6.63. The zero-order valence-electron chi connectivity index (χ0n) is 13.2. The van der Waals surface area contributed by atoms with Crippen LogP contribution in [0.25, 0.3) is 0 Å². The zero-order valence-corrected chi connectivity index (χ0v) is 16.4. The SMILES string of the molecule is Cc1cc(NC(=O)N/N=C/c2ccc(OCC#N)c(Br)c2)ccc1Br. The molecule has 0 unspecified atom stereocenters. The monoisotopic (exact) mass is 464 g/mol. The average molecular weight is 466 g/mol. The number of nitriles is 1. The van der Waals surface area contributed by atoms with E-state index in [1.54, 1.807) is 24.3 Å². The molecule has 0 saturated heterocycles. The van der Waals surface area contributed by atoms with Crippen molar-refractivity contribution >= 4 is 49.8 Å². The van der Waals surface area contributed by atoms with Gasteiger partial charge in [-0.05, 0) is 70.4 Å². The first-order valence-corrected chi connectivity index (χ1v) is 8.73. The number of urea groups is 1. The van der Waals surface area contributed by atoms with E-state index in [2.05, 4.69) is 47.7 Å². The molecule has 0 heterocycles. The van der Waals surface area contributed by atoms with Gasteiger partial charge < -0.3 is 10.1 Å². The van der Waals surface area contributed by atoms with E-state index >= 15 is 0 Å². The van der Waals surface area contributed by atoms with Crippen molar-refractivity contribution in [2.45, 2.75) is 6.92 Å². The van der Waals surface area contributed by atoms with E-state index in [0.29, 0.717) is 15.9 Å². The maximum atomic E-state index is 11.8. The molecule has 0 spiro atoms. The molecule has 128 valence electrons. The summed E-state index contributed by atoms with van der Waals surface area (Å²) in [6.45, 7) is 1.91. The average Bonchev–Trinajstić information content (AvgIpc) is 2.57. The van der Waals surface area contributed by atoms with Crippen molar-refractivity contribution in [2.24, 2.45) is 5.10 Å². The molecule has 0 aliphatic rings. The number of aryl methyl sites for hydroxylation is 1. The van der Waals surface area contributed by atoms with Crippen LogP contribution in [0, 0.1) is 18.3 Å². The molecule has 2 rings (SSSR count). The smallest absolute Gasteiger partial charge is 0.339 e. The lowest BCUT2D eigenvalue weighted by Crippen LogP contribution is -2.24. The number of carbonyl (C=O) groups excluding carboxylic acids is 1. The van der Waals surface area contributed by atoms with E-state index in [9.17, 15) is 4.79 Å². The van der Waals surface area contributed by atoms with Gasteiger partial charge in [-0.15, -0.1) is 0 Å². The van der Waals surface area contributed by atoms with Gasteiger partial charge in [0.1, 0.15) is 11.8 Å². The molecule has 0 bridgehead atoms. The van der Waals surface area contributed by atoms with Crippen LogP contribution in [0.5, 0.6) is 5.75 Å². The Morgan fingerprint density at radius 3 is 2.76 bits per heavy atom. The van der Waals surface area contributed by atoms with Crippen LogP contribution in [0.3, 0.4) is 0 Å². The lowest BCUT2D eigenvalue weighted by atomic mass is 10.2. The fourth-order valence-electron chi connectivity index (χ4n) is 1.87. The number of hydrazone groups is 1. The third kappa shape index (κ3) is 5.89. The third-order valence-electron chi connectivity index (χ3n) is 3.04. The fraction of sp³-hybridized carbons (Fsp3) is 0.118. The van der Waals surface area contributed by atoms with E-state index in [1.807, 2.05) is 25.1 Å². The summed E-state index contributed by atoms with van der Waals surface area (Å²) in [7, 11) is 0. The summed E-state index contributed by atoms with van der Waals surface area (Å²) in [4.78, 5) is 11.8. The highest BCUT2D eigenvalue weighted by atomic mass is 79.9. The number of carbonyl (C=O) groups is 1. The number of nitrogens with zero attached hydrogens (tertiary/aromatic N) is 2. The van der Waals surface area contributed by atoms with Gasteiger partial charge in [-0.1, -0.05) is 15.9 Å². The minimum Gasteiger partial charge on any atom is -0.478 e. The van der Waals surface area contributed by atoms with Crippen molar-refractivity contribution in [3.8, 4) is 11.8 Å². The number of nitrogens with one attached hydrogen (secondary N) is 2. The van der Waals surface area contributed by atoms with E-state index in [1.165, 1.54) is 6.21 Å². The largest absolute Gasteiger partial charge is 0.478 e. The second-order valence-electron chi connectivity index (χ2n) is 4.92. The Hall–Kier alpha value is -2.37. The van der Waals surface area contributed by atoms with Gasteiger partial charge in [0, 0.05) is 10.2 Å². The molecule has 25 heavy (non-hydrogen) atoms. The highest BCUT2D eigenvalue weighted by molar-refractivity contribution is 9.10. The molecule has 0 aliphatic carbocycles. The van der Waals surface area contributed by atoms with Crippen LogP contribution in [0.15, 0.2) is 50.4 Å². The summed E-state index contributed by atoms with van der Waals surface area (Å²) in [5, 5.41) is 15.1. The quantitative estimate of drug-likeness (QED) is 0.500. The second kappa shape index (κ2) is 9.20. The Bertz CT molecular complexity index is 847. The maximum absolute atomic E-state index is 11.8. The van der Waals surface area contributed by atoms with E-state index < -0.39 is 6.03 Å². The van der Waals surface area contributed by atoms with Crippen molar-refractivity contribution in [3.63, 3.8) is 0 Å². The molecule has 0 aliphatic heterocycles. The van der Waals surface area contributed by atoms with Crippen LogP contribution in [0.4, 0.5) is 10.5 Å². The molecule has 2 amide bonds. The first-order valence-electron chi connectivity index (χ1n) is 7.15. The number of hydrogen-bond donors (Lipinski definition) is 2. The predicted octanol–water partition coefficient (Wildman–Crippen LogP) is 4.58. The van der Waals surface area contributed by atoms with E-state index in [0.717, 1.165) is 15.6 Å². The molecule has 0 fully saturated rings. The van der Waals surface area contributed by atoms with Gasteiger partial charge in [-0.3, -0.25) is 0 Å². The lowest BCUT2D eigenvalue weighted by Gasteiger charge is -2.06. The molecule has 2 N–H and O–H groups in total. The molecule has 6 nitrogen and oxygen atoms in total. The standard InChI is InChI=1S/C17H14Br2N4O2/c1-11-8-13(3-4-14(11)18)22-17(24)23-21-10-12-2-5-16(15(19)9-12)25-7-6-20/h2-5,8-10H,7H2,1H3,(H2,22,23,24)/b21-10+. The van der Waals surface area contributed by atoms with Crippen LogP contribution >= 0.6 is 31.9 Å². The minimum atomic E-state index is -0.439. The minimum absolute atomic E-state index is 0.0245. The molecule has 8 heteroatoms. The number of rotatable bonds is 5. The van der Waals surface area contributed by atoms with Gasteiger partial charge in [0.05, 0.1) is 10.7 Å². The molecule has 0 aromatic heterocycles. The number of benzene rings is 2. The number of hydrogen-bond acceptors (Lipinski definition) is 4. The Morgan fingerprint density at radius 1 is 1.28 bits per heavy atom. The molecular formula is C17H14Br2N4O2. The van der Waals surface area contributed by atoms with Crippen LogP contribution < -0.4 is 15.5 Å². The van der Waals surface area contributed by atoms with Crippen molar-refractivity contribution in [3.05, 3.63) is 56.5 Å². The highest BCUT2D eigenvalue weighted by Gasteiger charge is 2.03. The Morgan fingerprint density at radius 2 is 2.08 bits per heavy atom. The van der Waals surface area contributed by atoms with Crippen molar-refractivity contribution < 1.29 is 9.53 Å². The van der Waals surface area contributed by atoms with Crippen molar-refractivity contribution in [1.29, 1.82) is 5.26 Å². The summed E-state index contributed by atoms with van der Waals surface area (Å²) < 4.78 is 6.90. The molecule has 0 atom stereocenters. The van der Waals surface area contributed by atoms with Gasteiger partial charge in [0.25, 0.3) is 0 Å². The van der Waals surface area contributed by atoms with Crippen LogP contribution in [0.1, 0.15) is 11.1 Å². The Labute approximate surface area is 162 Å². The first-order chi connectivity index (χ1) is 12.0. The summed E-state index contributed by atoms with van der Waals surface area (Å²) in [5.74, 6) is 0.565. The molecule has 2 aromatic rings. The summed E-state index contributed by atoms with van der Waals surface area (Å²) in [6.07, 6.45) is 1.51. The van der Waals surface area contributed by atoms with Gasteiger partial charge in [0.15, 0.2) is 6.61 Å². The molecule has 0 radical (unpaired) electrons. The molecule has 0 saturated carbocycles. The van der Waals surface area contributed by atoms with Crippen LogP contribution in [-0.2, 0) is 0 Å². The summed E-state index contributed by atoms with van der Waals surface area (Å²) in [6, 6.07) is 12.2. The van der Waals surface area contributed by atoms with Crippen molar-refractivity contribution in [1.82, 2.24) is 5.43 Å². The number of halogens is 2. The van der Waals surface area contributed by atoms with Gasteiger partial charge >= 0.3 is 6.03 Å². The fourth-order valence-corrected chi connectivity index (χ4v) is 2.63. The zero-order chi connectivity index (χ0) is 18.2. The van der Waals surface area contributed by atoms with Crippen LogP contribution in [-0.4, -0.2) is 18.9 Å². The normalized spacial score (nSPS) is 10.3. The van der Waals surface area contributed by atoms with Gasteiger partial charge in [0.2, 0.25) is 0 Å². The lowest BCUT2D eigenvalue weighted by molar-refractivity contribution is 0.252. The van der Waals surface area contributed by atoms with Gasteiger partial charge in [-0.2, -0.15) is 10.4 Å². The maximum Gasteiger partial charge on any atom is 0.339 e. The first kappa shape index (κ1) is 19.0. The number of anilines is 1. The number of ether oxygens (including phenoxy) is 1. The number of amides is 2. The summed E-state index contributed by atoms with van der Waals surface area (Å²) in [5.41, 5.74) is 4.85. The third-order valence-corrected chi connectivity index (χ3v) is 4.55. The molecular weight excluding hydrogens is 452 g/mol. The Kier molecular flexibility index (Phi) is 6.98. The van der Waals surface area contributed by atoms with E-state index in [4.69, 9.17) is 10.00 Å². The summed E-state index contributed by atoms with van der Waals surface area (Å²) >= 11 is 6.76.